The van der Waals surface area contributed by atoms with E-state index in [4.69, 9.17) is 12.2 Å². The number of thiocarbonyl (C=S) groups is 1. The predicted octanol–water partition coefficient (Wildman–Crippen LogP) is 3.06. The van der Waals surface area contributed by atoms with Crippen molar-refractivity contribution in [2.45, 2.75) is 32.6 Å². The van der Waals surface area contributed by atoms with Gasteiger partial charge in [-0.15, -0.1) is 0 Å². The summed E-state index contributed by atoms with van der Waals surface area (Å²) in [6.07, 6.45) is 4.56. The van der Waals surface area contributed by atoms with Gasteiger partial charge < -0.3 is 5.32 Å². The molecular formula is C14H21N3S. The predicted molar refractivity (Wildman–Crippen MR) is 81.9 cm³/mol. The third kappa shape index (κ3) is 5.27. The van der Waals surface area contributed by atoms with E-state index in [1.165, 1.54) is 12.8 Å². The molecule has 2 N–H and O–H groups in total. The Morgan fingerprint density at radius 3 is 2.56 bits per heavy atom. The van der Waals surface area contributed by atoms with E-state index in [0.29, 0.717) is 5.11 Å². The van der Waals surface area contributed by atoms with Gasteiger partial charge in [-0.3, -0.25) is 5.43 Å². The van der Waals surface area contributed by atoms with E-state index in [1.807, 2.05) is 18.2 Å². The van der Waals surface area contributed by atoms with Gasteiger partial charge in [0.2, 0.25) is 0 Å². The van der Waals surface area contributed by atoms with Crippen molar-refractivity contribution < 1.29 is 0 Å². The fourth-order valence-electron chi connectivity index (χ4n) is 1.61. The molecule has 0 saturated heterocycles. The highest BCUT2D eigenvalue weighted by atomic mass is 32.1. The Kier molecular flexibility index (Phi) is 7.03. The average molecular weight is 263 g/mol. The molecule has 0 aliphatic heterocycles. The van der Waals surface area contributed by atoms with Crippen molar-refractivity contribution in [3.63, 3.8) is 0 Å². The number of nitrogens with zero attached hydrogens (tertiary/aromatic N) is 1. The maximum atomic E-state index is 5.03. The maximum Gasteiger partial charge on any atom is 0.186 e. The first kappa shape index (κ1) is 14.6. The lowest BCUT2D eigenvalue weighted by atomic mass is 10.0. The zero-order chi connectivity index (χ0) is 13.2. The van der Waals surface area contributed by atoms with Crippen molar-refractivity contribution in [2.24, 2.45) is 5.10 Å². The molecule has 0 radical (unpaired) electrons. The number of unbranched alkanes of at least 4 members (excludes halogenated alkanes) is 2. The van der Waals surface area contributed by atoms with E-state index in [9.17, 15) is 0 Å². The van der Waals surface area contributed by atoms with Crippen LogP contribution >= 0.6 is 12.2 Å². The van der Waals surface area contributed by atoms with Crippen LogP contribution in [0.1, 0.15) is 38.2 Å². The average Bonchev–Trinajstić information content (AvgIpc) is 2.43. The summed E-state index contributed by atoms with van der Waals surface area (Å²) in [6.45, 7) is 2.20. The fraction of sp³-hybridized carbons (Fsp3) is 0.429. The zero-order valence-electron chi connectivity index (χ0n) is 11.1. The number of hydrazone groups is 1. The highest BCUT2D eigenvalue weighted by Crippen LogP contribution is 2.08. The topological polar surface area (TPSA) is 36.4 Å². The molecule has 0 spiro atoms. The lowest BCUT2D eigenvalue weighted by Crippen LogP contribution is -2.29. The minimum atomic E-state index is 0.541. The summed E-state index contributed by atoms with van der Waals surface area (Å²) in [5.41, 5.74) is 5.08. The number of nitrogens with one attached hydrogen (secondary N) is 2. The van der Waals surface area contributed by atoms with Crippen LogP contribution in [0.25, 0.3) is 0 Å². The molecule has 1 rings (SSSR count). The first-order chi connectivity index (χ1) is 8.77. The number of benzene rings is 1. The minimum Gasteiger partial charge on any atom is -0.364 e. The SMILES string of the molecule is CCCCC/C(=N/NC(=S)NC)c1ccccc1. The lowest BCUT2D eigenvalue weighted by Gasteiger charge is -2.08. The third-order valence-electron chi connectivity index (χ3n) is 2.64. The molecule has 18 heavy (non-hydrogen) atoms. The molecular weight excluding hydrogens is 242 g/mol. The van der Waals surface area contributed by atoms with Gasteiger partial charge in [0.15, 0.2) is 5.11 Å². The van der Waals surface area contributed by atoms with Crippen LogP contribution in [0.5, 0.6) is 0 Å². The highest BCUT2D eigenvalue weighted by Gasteiger charge is 2.03. The monoisotopic (exact) mass is 263 g/mol. The van der Waals surface area contributed by atoms with Gasteiger partial charge in [0.05, 0.1) is 5.71 Å². The third-order valence-corrected chi connectivity index (χ3v) is 2.94. The molecule has 4 heteroatoms. The number of hydrogen-bond donors (Lipinski definition) is 2. The largest absolute Gasteiger partial charge is 0.364 e. The van der Waals surface area contributed by atoms with E-state index in [1.54, 1.807) is 7.05 Å². The van der Waals surface area contributed by atoms with Crippen molar-refractivity contribution in [1.82, 2.24) is 10.7 Å². The number of hydrogen-bond acceptors (Lipinski definition) is 2. The van der Waals surface area contributed by atoms with E-state index >= 15 is 0 Å². The van der Waals surface area contributed by atoms with Gasteiger partial charge >= 0.3 is 0 Å². The van der Waals surface area contributed by atoms with Crippen LogP contribution in [0.15, 0.2) is 35.4 Å². The van der Waals surface area contributed by atoms with E-state index < -0.39 is 0 Å². The van der Waals surface area contributed by atoms with Crippen LogP contribution in [0.4, 0.5) is 0 Å². The molecule has 0 bridgehead atoms. The molecule has 0 unspecified atom stereocenters. The van der Waals surface area contributed by atoms with Gasteiger partial charge in [0.25, 0.3) is 0 Å². The molecule has 98 valence electrons. The normalized spacial score (nSPS) is 11.1. The summed E-state index contributed by atoms with van der Waals surface area (Å²) < 4.78 is 0. The molecule has 1 aromatic rings. The summed E-state index contributed by atoms with van der Waals surface area (Å²) in [5, 5.41) is 7.79. The van der Waals surface area contributed by atoms with Crippen LogP contribution in [0, 0.1) is 0 Å². The Balaban J connectivity index is 2.71. The molecule has 0 fully saturated rings. The Morgan fingerprint density at radius 2 is 1.94 bits per heavy atom. The second-order valence-electron chi connectivity index (χ2n) is 4.07. The number of rotatable bonds is 6. The van der Waals surface area contributed by atoms with E-state index in [2.05, 4.69) is 34.9 Å². The molecule has 0 aromatic heterocycles. The van der Waals surface area contributed by atoms with Gasteiger partial charge in [-0.2, -0.15) is 5.10 Å². The summed E-state index contributed by atoms with van der Waals surface area (Å²) in [5.74, 6) is 0. The lowest BCUT2D eigenvalue weighted by molar-refractivity contribution is 0.739. The van der Waals surface area contributed by atoms with Crippen molar-refractivity contribution in [3.05, 3.63) is 35.9 Å². The Labute approximate surface area is 115 Å². The van der Waals surface area contributed by atoms with Crippen LogP contribution < -0.4 is 10.7 Å². The van der Waals surface area contributed by atoms with Crippen molar-refractivity contribution in [1.29, 1.82) is 0 Å². The molecule has 0 aliphatic rings. The summed E-state index contributed by atoms with van der Waals surface area (Å²) >= 11 is 5.03. The van der Waals surface area contributed by atoms with Gasteiger partial charge in [0.1, 0.15) is 0 Å². The Morgan fingerprint density at radius 1 is 1.22 bits per heavy atom. The van der Waals surface area contributed by atoms with Crippen molar-refractivity contribution >= 4 is 23.0 Å². The summed E-state index contributed by atoms with van der Waals surface area (Å²) in [4.78, 5) is 0. The quantitative estimate of drug-likeness (QED) is 0.358. The minimum absolute atomic E-state index is 0.541. The van der Waals surface area contributed by atoms with Crippen molar-refractivity contribution in [2.75, 3.05) is 7.05 Å². The summed E-state index contributed by atoms with van der Waals surface area (Å²) in [7, 11) is 1.78. The molecule has 0 heterocycles. The van der Waals surface area contributed by atoms with Gasteiger partial charge in [0, 0.05) is 7.05 Å². The first-order valence-corrected chi connectivity index (χ1v) is 6.78. The summed E-state index contributed by atoms with van der Waals surface area (Å²) in [6, 6.07) is 10.2. The van der Waals surface area contributed by atoms with Gasteiger partial charge in [-0.25, -0.2) is 0 Å². The molecule has 3 nitrogen and oxygen atoms in total. The molecule has 0 saturated carbocycles. The van der Waals surface area contributed by atoms with Crippen LogP contribution in [0.2, 0.25) is 0 Å². The van der Waals surface area contributed by atoms with Crippen LogP contribution in [-0.4, -0.2) is 17.9 Å². The van der Waals surface area contributed by atoms with Crippen molar-refractivity contribution in [3.8, 4) is 0 Å². The first-order valence-electron chi connectivity index (χ1n) is 6.37. The van der Waals surface area contributed by atoms with Gasteiger partial charge in [-0.05, 0) is 30.6 Å². The Hall–Kier alpha value is -1.42. The fourth-order valence-corrected chi connectivity index (χ4v) is 1.66. The molecule has 0 atom stereocenters. The second-order valence-corrected chi connectivity index (χ2v) is 4.48. The molecule has 1 aromatic carbocycles. The molecule has 0 amide bonds. The molecule has 0 aliphatic carbocycles. The standard InChI is InChI=1S/C14H21N3S/c1-3-4-6-11-13(16-17-14(18)15-2)12-9-7-5-8-10-12/h5,7-10H,3-4,6,11H2,1-2H3,(H2,15,17,18)/b16-13-. The van der Waals surface area contributed by atoms with Crippen LogP contribution in [-0.2, 0) is 0 Å². The van der Waals surface area contributed by atoms with E-state index in [-0.39, 0.29) is 0 Å². The highest BCUT2D eigenvalue weighted by molar-refractivity contribution is 7.80. The maximum absolute atomic E-state index is 5.03. The van der Waals surface area contributed by atoms with Gasteiger partial charge in [-0.1, -0.05) is 50.1 Å². The van der Waals surface area contributed by atoms with E-state index in [0.717, 1.165) is 24.1 Å². The smallest absolute Gasteiger partial charge is 0.186 e. The second kappa shape index (κ2) is 8.64. The zero-order valence-corrected chi connectivity index (χ0v) is 11.9. The van der Waals surface area contributed by atoms with Crippen LogP contribution in [0.3, 0.4) is 0 Å². The Bertz CT molecular complexity index is 387.